The minimum atomic E-state index is -2.98. The fraction of sp³-hybridized carbons (Fsp3) is 0.500. The summed E-state index contributed by atoms with van der Waals surface area (Å²) in [5.74, 6) is -2.16. The predicted octanol–water partition coefficient (Wildman–Crippen LogP) is 1.21. The van der Waals surface area contributed by atoms with Crippen LogP contribution in [0.4, 0.5) is 14.6 Å². The number of halogens is 2. The summed E-state index contributed by atoms with van der Waals surface area (Å²) in [4.78, 5) is 27.6. The van der Waals surface area contributed by atoms with E-state index in [-0.39, 0.29) is 10.7 Å². The molecule has 5 atom stereocenters. The lowest BCUT2D eigenvalue weighted by molar-refractivity contribution is -0.194. The molecule has 0 saturated carbocycles. The molecule has 206 valence electrons. The number of carbonyl (C=O) groups excluding carboxylic acids is 1. The monoisotopic (exact) mass is 548 g/mol. The highest BCUT2D eigenvalue weighted by molar-refractivity contribution is 7.45. The van der Waals surface area contributed by atoms with Crippen LogP contribution in [0.5, 0.6) is 5.75 Å². The van der Waals surface area contributed by atoms with Crippen molar-refractivity contribution in [3.63, 3.8) is 0 Å². The summed E-state index contributed by atoms with van der Waals surface area (Å²) in [7, 11) is -0.946. The van der Waals surface area contributed by atoms with Gasteiger partial charge < -0.3 is 34.5 Å². The largest absolute Gasteiger partial charge is 0.462 e. The van der Waals surface area contributed by atoms with E-state index in [1.54, 1.807) is 44.2 Å². The van der Waals surface area contributed by atoms with Gasteiger partial charge in [0.1, 0.15) is 30.7 Å². The number of aliphatic hydroxyl groups is 2. The first kappa shape index (κ1) is 30.5. The number of aromatic nitrogens is 2. The molecule has 0 amide bonds. The lowest BCUT2D eigenvalue weighted by atomic mass is 10.0. The highest BCUT2D eigenvalue weighted by Gasteiger charge is 2.45. The molecule has 1 aromatic carbocycles. The summed E-state index contributed by atoms with van der Waals surface area (Å²) < 4.78 is 49.9. The van der Waals surface area contributed by atoms with Crippen LogP contribution in [0, 0.1) is 5.82 Å². The number of nitrogen functional groups attached to an aromatic ring is 1. The minimum Gasteiger partial charge on any atom is -0.462 e. The Morgan fingerprint density at radius 2 is 1.95 bits per heavy atom. The van der Waals surface area contributed by atoms with Crippen molar-refractivity contribution in [2.45, 2.75) is 50.8 Å². The van der Waals surface area contributed by atoms with Gasteiger partial charge in [-0.05, 0) is 32.9 Å². The number of hydrogen-bond acceptors (Lipinski definition) is 11. The second kappa shape index (κ2) is 13.7. The first-order chi connectivity index (χ1) is 17.4. The van der Waals surface area contributed by atoms with Crippen LogP contribution in [0.15, 0.2) is 41.3 Å². The minimum absolute atomic E-state index is 0.181. The molecule has 0 aliphatic carbocycles. The maximum atomic E-state index is 14.0. The first-order valence-corrected chi connectivity index (χ1v) is 12.3. The molecule has 0 aliphatic heterocycles. The van der Waals surface area contributed by atoms with Gasteiger partial charge in [0.25, 0.3) is 0 Å². The topological polar surface area (TPSA) is 167 Å². The van der Waals surface area contributed by atoms with Gasteiger partial charge in [-0.2, -0.15) is 4.98 Å². The molecular weight excluding hydrogens is 517 g/mol. The van der Waals surface area contributed by atoms with Crippen molar-refractivity contribution in [1.82, 2.24) is 14.6 Å². The normalized spacial score (nSPS) is 16.5. The number of carbonyl (C=O) groups is 1. The molecular formula is C22H31F2N4O8P. The molecule has 0 radical (unpaired) electrons. The van der Waals surface area contributed by atoms with Crippen LogP contribution in [0.3, 0.4) is 0 Å². The van der Waals surface area contributed by atoms with Gasteiger partial charge in [-0.15, -0.1) is 0 Å². The lowest BCUT2D eigenvalue weighted by Crippen LogP contribution is -2.57. The molecule has 37 heavy (non-hydrogen) atoms. The highest BCUT2D eigenvalue weighted by Crippen LogP contribution is 2.37. The van der Waals surface area contributed by atoms with Gasteiger partial charge in [0, 0.05) is 7.11 Å². The molecule has 0 aliphatic rings. The Hall–Kier alpha value is -2.74. The zero-order valence-electron chi connectivity index (χ0n) is 20.7. The van der Waals surface area contributed by atoms with Crippen molar-refractivity contribution in [2.24, 2.45) is 0 Å². The SMILES string of the molecule is COC(CO[P@@](NC(C)C(=O)OC(C)C)Oc1ccccc1)C(O)C(O)(CF)n1cc(F)c(N)nc1=O. The molecule has 2 rings (SSSR count). The zero-order valence-corrected chi connectivity index (χ0v) is 21.6. The van der Waals surface area contributed by atoms with E-state index in [9.17, 15) is 28.6 Å². The molecule has 0 bridgehead atoms. The highest BCUT2D eigenvalue weighted by atomic mass is 31.2. The van der Waals surface area contributed by atoms with E-state index < -0.39 is 69.1 Å². The third-order valence-electron chi connectivity index (χ3n) is 4.94. The van der Waals surface area contributed by atoms with Gasteiger partial charge in [-0.3, -0.25) is 9.36 Å². The van der Waals surface area contributed by atoms with Crippen molar-refractivity contribution in [1.29, 1.82) is 0 Å². The number of ether oxygens (including phenoxy) is 2. The number of nitrogens with zero attached hydrogens (tertiary/aromatic N) is 2. The van der Waals surface area contributed by atoms with Crippen molar-refractivity contribution in [2.75, 3.05) is 26.1 Å². The lowest BCUT2D eigenvalue weighted by Gasteiger charge is -2.36. The fourth-order valence-electron chi connectivity index (χ4n) is 2.95. The number of alkyl halides is 1. The molecule has 12 nitrogen and oxygen atoms in total. The molecule has 0 saturated heterocycles. The number of anilines is 1. The second-order valence-electron chi connectivity index (χ2n) is 8.15. The summed E-state index contributed by atoms with van der Waals surface area (Å²) in [6.07, 6.45) is -3.54. The number of nitrogens with two attached hydrogens (primary N) is 1. The van der Waals surface area contributed by atoms with Crippen LogP contribution in [0.1, 0.15) is 20.8 Å². The number of para-hydroxylation sites is 1. The Labute approximate surface area is 213 Å². The Balaban J connectivity index is 2.24. The van der Waals surface area contributed by atoms with Crippen LogP contribution in [0.2, 0.25) is 0 Å². The Morgan fingerprint density at radius 1 is 1.30 bits per heavy atom. The van der Waals surface area contributed by atoms with Crippen LogP contribution >= 0.6 is 8.53 Å². The Kier molecular flexibility index (Phi) is 11.3. The third kappa shape index (κ3) is 8.12. The van der Waals surface area contributed by atoms with E-state index in [0.29, 0.717) is 11.9 Å². The number of nitrogens with one attached hydrogen (secondary N) is 1. The van der Waals surface area contributed by atoms with Gasteiger partial charge in [0.05, 0.1) is 18.9 Å². The smallest absolute Gasteiger partial charge is 0.352 e. The van der Waals surface area contributed by atoms with E-state index in [1.165, 1.54) is 6.92 Å². The number of esters is 1. The van der Waals surface area contributed by atoms with Gasteiger partial charge in [-0.25, -0.2) is 18.7 Å². The molecule has 0 fully saturated rings. The molecule has 1 aromatic heterocycles. The van der Waals surface area contributed by atoms with E-state index >= 15 is 0 Å². The number of rotatable bonds is 14. The molecule has 5 N–H and O–H groups in total. The standard InChI is InChI=1S/C22H31F2N4O8P/c1-13(2)35-20(30)14(3)27-37(36-15-8-6-5-7-9-15)34-11-17(33-4)18(29)22(32,12-23)28-10-16(24)19(25)26-21(28)31/h5-10,13-14,17-18,27,29,32H,11-12H2,1-4H3,(H2,25,26,31)/t14?,17?,18?,22?,37-/m1/s1. The maximum Gasteiger partial charge on any atom is 0.352 e. The summed E-state index contributed by atoms with van der Waals surface area (Å²) in [5, 5.41) is 24.4. The maximum absolute atomic E-state index is 14.0. The van der Waals surface area contributed by atoms with Crippen molar-refractivity contribution in [3.8, 4) is 5.75 Å². The third-order valence-corrected chi connectivity index (χ3v) is 6.30. The van der Waals surface area contributed by atoms with Crippen molar-refractivity contribution < 1.29 is 42.3 Å². The van der Waals surface area contributed by atoms with Crippen molar-refractivity contribution in [3.05, 3.63) is 52.8 Å². The molecule has 4 unspecified atom stereocenters. The first-order valence-electron chi connectivity index (χ1n) is 11.1. The Bertz CT molecular complexity index is 1080. The Morgan fingerprint density at radius 3 is 2.51 bits per heavy atom. The number of methoxy groups -OCH3 is 1. The number of benzene rings is 1. The van der Waals surface area contributed by atoms with Crippen molar-refractivity contribution >= 4 is 20.3 Å². The van der Waals surface area contributed by atoms with E-state index in [1.807, 2.05) is 0 Å². The van der Waals surface area contributed by atoms with Crippen LogP contribution < -0.4 is 21.0 Å². The average Bonchev–Trinajstić information content (AvgIpc) is 2.86. The van der Waals surface area contributed by atoms with Crippen LogP contribution in [-0.2, 0) is 24.5 Å². The number of aliphatic hydroxyl groups excluding tert-OH is 1. The zero-order chi connectivity index (χ0) is 27.8. The van der Waals surface area contributed by atoms with Gasteiger partial charge >= 0.3 is 20.2 Å². The average molecular weight is 548 g/mol. The summed E-state index contributed by atoms with van der Waals surface area (Å²) in [6.45, 7) is 2.67. The molecule has 0 spiro atoms. The second-order valence-corrected chi connectivity index (χ2v) is 9.36. The van der Waals surface area contributed by atoms with E-state index in [0.717, 1.165) is 7.11 Å². The van der Waals surface area contributed by atoms with E-state index in [2.05, 4.69) is 10.1 Å². The van der Waals surface area contributed by atoms with Crippen LogP contribution in [-0.4, -0.2) is 70.5 Å². The predicted molar refractivity (Wildman–Crippen MR) is 130 cm³/mol. The molecule has 15 heteroatoms. The number of hydrogen-bond donors (Lipinski definition) is 4. The quantitative estimate of drug-likeness (QED) is 0.198. The van der Waals surface area contributed by atoms with E-state index in [4.69, 9.17) is 24.3 Å². The van der Waals surface area contributed by atoms with Crippen LogP contribution in [0.25, 0.3) is 0 Å². The van der Waals surface area contributed by atoms with Gasteiger partial charge in [0.2, 0.25) is 5.72 Å². The van der Waals surface area contributed by atoms with Gasteiger partial charge in [-0.1, -0.05) is 18.2 Å². The fourth-order valence-corrected chi connectivity index (χ4v) is 4.14. The summed E-state index contributed by atoms with van der Waals surface area (Å²) in [6, 6.07) is 7.58. The summed E-state index contributed by atoms with van der Waals surface area (Å²) in [5.41, 5.74) is 0.953. The van der Waals surface area contributed by atoms with Gasteiger partial charge in [0.15, 0.2) is 11.6 Å². The molecule has 2 aromatic rings. The summed E-state index contributed by atoms with van der Waals surface area (Å²) >= 11 is 0. The molecule has 1 heterocycles.